The highest BCUT2D eigenvalue weighted by Gasteiger charge is 2.21. The highest BCUT2D eigenvalue weighted by Crippen LogP contribution is 2.37. The number of phenolic OH excluding ortho intramolecular Hbond substituents is 1. The predicted molar refractivity (Wildman–Crippen MR) is 101 cm³/mol. The molecule has 0 bridgehead atoms. The van der Waals surface area contributed by atoms with Gasteiger partial charge in [0, 0.05) is 43.5 Å². The van der Waals surface area contributed by atoms with Crippen molar-refractivity contribution in [2.45, 2.75) is 13.0 Å². The lowest BCUT2D eigenvalue weighted by molar-refractivity contribution is 0.214. The van der Waals surface area contributed by atoms with E-state index in [-0.39, 0.29) is 5.75 Å². The molecule has 1 saturated heterocycles. The molecule has 0 unspecified atom stereocenters. The first-order valence-corrected chi connectivity index (χ1v) is 9.35. The first kappa shape index (κ1) is 17.5. The van der Waals surface area contributed by atoms with E-state index < -0.39 is 0 Å². The van der Waals surface area contributed by atoms with Crippen molar-refractivity contribution in [3.05, 3.63) is 41.0 Å². The van der Waals surface area contributed by atoms with Crippen molar-refractivity contribution in [2.75, 3.05) is 32.8 Å². The number of nitrogens with zero attached hydrogens (tertiary/aromatic N) is 2. The summed E-state index contributed by atoms with van der Waals surface area (Å²) in [5.41, 5.74) is 9.01. The number of halogens is 1. The molecule has 1 aromatic heterocycles. The molecule has 7 heteroatoms. The lowest BCUT2D eigenvalue weighted by Gasteiger charge is -2.21. The lowest BCUT2D eigenvalue weighted by Crippen LogP contribution is -2.28. The summed E-state index contributed by atoms with van der Waals surface area (Å²) in [7, 11) is 0. The van der Waals surface area contributed by atoms with E-state index in [0.29, 0.717) is 23.3 Å². The van der Waals surface area contributed by atoms with Gasteiger partial charge in [-0.25, -0.2) is 0 Å². The van der Waals surface area contributed by atoms with Gasteiger partial charge in [0.1, 0.15) is 6.61 Å². The van der Waals surface area contributed by atoms with Crippen LogP contribution in [0.4, 0.5) is 0 Å². The molecule has 0 aliphatic carbocycles. The number of rotatable bonds is 4. The van der Waals surface area contributed by atoms with E-state index in [4.69, 9.17) is 16.3 Å². The Morgan fingerprint density at radius 2 is 2.12 bits per heavy atom. The number of ether oxygens (including phenoxy) is 1. The molecule has 1 fully saturated rings. The number of hydrogen-bond donors (Lipinski definition) is 3. The molecule has 0 saturated carbocycles. The van der Waals surface area contributed by atoms with Gasteiger partial charge in [0.25, 0.3) is 0 Å². The van der Waals surface area contributed by atoms with Gasteiger partial charge in [-0.15, -0.1) is 0 Å². The normalized spacial score (nSPS) is 18.3. The number of pyridine rings is 1. The largest absolute Gasteiger partial charge is 0.504 e. The highest BCUT2D eigenvalue weighted by molar-refractivity contribution is 6.30. The van der Waals surface area contributed by atoms with Crippen molar-refractivity contribution in [1.82, 2.24) is 20.7 Å². The monoisotopic (exact) mass is 374 g/mol. The Hall–Kier alpha value is -1.86. The molecule has 0 radical (unpaired) electrons. The summed E-state index contributed by atoms with van der Waals surface area (Å²) in [5.74, 6) is 1.42. The van der Waals surface area contributed by atoms with E-state index in [1.807, 2.05) is 6.07 Å². The number of aromatic hydroxyl groups is 1. The van der Waals surface area contributed by atoms with E-state index in [2.05, 4.69) is 26.8 Å². The zero-order valence-electron chi connectivity index (χ0n) is 14.5. The Bertz CT molecular complexity index is 763. The number of benzene rings is 1. The van der Waals surface area contributed by atoms with Crippen molar-refractivity contribution in [3.63, 3.8) is 0 Å². The van der Waals surface area contributed by atoms with Crippen LogP contribution in [0.1, 0.15) is 12.0 Å². The van der Waals surface area contributed by atoms with Gasteiger partial charge in [-0.05, 0) is 43.1 Å². The van der Waals surface area contributed by atoms with E-state index >= 15 is 0 Å². The van der Waals surface area contributed by atoms with E-state index in [1.54, 1.807) is 18.3 Å². The van der Waals surface area contributed by atoms with Crippen molar-refractivity contribution < 1.29 is 9.84 Å². The van der Waals surface area contributed by atoms with Crippen LogP contribution in [-0.4, -0.2) is 47.8 Å². The fourth-order valence-corrected chi connectivity index (χ4v) is 3.62. The van der Waals surface area contributed by atoms with Crippen LogP contribution in [0.5, 0.6) is 11.5 Å². The Balaban J connectivity index is 1.54. The number of fused-ring (bicyclic) bond motifs is 1. The lowest BCUT2D eigenvalue weighted by atomic mass is 10.0. The number of nitrogens with one attached hydrogen (secondary N) is 2. The average molecular weight is 375 g/mol. The average Bonchev–Trinajstić information content (AvgIpc) is 3.07. The van der Waals surface area contributed by atoms with Crippen LogP contribution in [0.2, 0.25) is 5.02 Å². The summed E-state index contributed by atoms with van der Waals surface area (Å²) in [6, 6.07) is 7.43. The zero-order chi connectivity index (χ0) is 17.9. The van der Waals surface area contributed by atoms with E-state index in [9.17, 15) is 5.11 Å². The van der Waals surface area contributed by atoms with Crippen molar-refractivity contribution in [1.29, 1.82) is 0 Å². The van der Waals surface area contributed by atoms with Crippen molar-refractivity contribution in [3.8, 4) is 22.8 Å². The number of aromatic nitrogens is 1. The van der Waals surface area contributed by atoms with Gasteiger partial charge in [0.05, 0.1) is 10.7 Å². The molecule has 26 heavy (non-hydrogen) atoms. The van der Waals surface area contributed by atoms with Gasteiger partial charge >= 0.3 is 0 Å². The third kappa shape index (κ3) is 3.94. The molecule has 3 heterocycles. The molecular formula is C19H23ClN4O2. The first-order chi connectivity index (χ1) is 12.7. The summed E-state index contributed by atoms with van der Waals surface area (Å²) in [6.45, 7) is 5.26. The third-order valence-corrected chi connectivity index (χ3v) is 5.20. The Morgan fingerprint density at radius 1 is 1.27 bits per heavy atom. The highest BCUT2D eigenvalue weighted by atomic mass is 35.5. The van der Waals surface area contributed by atoms with Gasteiger partial charge in [0.2, 0.25) is 0 Å². The molecule has 1 aromatic carbocycles. The van der Waals surface area contributed by atoms with Crippen LogP contribution < -0.4 is 15.6 Å². The third-order valence-electron chi connectivity index (χ3n) is 4.98. The maximum Gasteiger partial charge on any atom is 0.165 e. The minimum absolute atomic E-state index is 0.167. The molecule has 0 spiro atoms. The van der Waals surface area contributed by atoms with Gasteiger partial charge in [-0.3, -0.25) is 20.7 Å². The second-order valence-corrected chi connectivity index (χ2v) is 7.32. The van der Waals surface area contributed by atoms with E-state index in [0.717, 1.165) is 56.0 Å². The summed E-state index contributed by atoms with van der Waals surface area (Å²) in [6.07, 6.45) is 2.76. The molecular weight excluding hydrogens is 352 g/mol. The molecule has 0 amide bonds. The quantitative estimate of drug-likeness (QED) is 0.763. The molecule has 138 valence electrons. The summed E-state index contributed by atoms with van der Waals surface area (Å²) < 4.78 is 5.83. The minimum Gasteiger partial charge on any atom is -0.504 e. The van der Waals surface area contributed by atoms with Crippen LogP contribution in [0.3, 0.4) is 0 Å². The SMILES string of the molecule is Oc1cc(-c2ccc(Cl)cn2)cc2c1OCCN(CCC1CNNC1)C2. The first-order valence-electron chi connectivity index (χ1n) is 8.98. The van der Waals surface area contributed by atoms with Gasteiger partial charge in [0.15, 0.2) is 11.5 Å². The van der Waals surface area contributed by atoms with Crippen molar-refractivity contribution >= 4 is 11.6 Å². The molecule has 3 N–H and O–H groups in total. The summed E-state index contributed by atoms with van der Waals surface area (Å²) in [4.78, 5) is 6.75. The minimum atomic E-state index is 0.167. The topological polar surface area (TPSA) is 69.7 Å². The number of phenols is 1. The smallest absolute Gasteiger partial charge is 0.165 e. The number of hydrogen-bond acceptors (Lipinski definition) is 6. The standard InChI is InChI=1S/C19H23ClN4O2/c20-16-1-2-17(21-11-16)14-7-15-12-24(4-3-13-9-22-23-10-13)5-6-26-19(15)18(25)8-14/h1-2,7-8,11,13,22-23,25H,3-6,9-10,12H2. The molecule has 2 aromatic rings. The van der Waals surface area contributed by atoms with Crippen LogP contribution in [-0.2, 0) is 6.54 Å². The molecule has 2 aliphatic heterocycles. The Morgan fingerprint density at radius 3 is 2.88 bits per heavy atom. The molecule has 2 aliphatic rings. The zero-order valence-corrected chi connectivity index (χ0v) is 15.3. The van der Waals surface area contributed by atoms with Crippen LogP contribution in [0.15, 0.2) is 30.5 Å². The van der Waals surface area contributed by atoms with Crippen LogP contribution in [0.25, 0.3) is 11.3 Å². The summed E-state index contributed by atoms with van der Waals surface area (Å²) in [5, 5.41) is 11.0. The fourth-order valence-electron chi connectivity index (χ4n) is 3.51. The van der Waals surface area contributed by atoms with Crippen LogP contribution >= 0.6 is 11.6 Å². The fraction of sp³-hybridized carbons (Fsp3) is 0.421. The van der Waals surface area contributed by atoms with Gasteiger partial charge < -0.3 is 9.84 Å². The van der Waals surface area contributed by atoms with Crippen molar-refractivity contribution in [2.24, 2.45) is 5.92 Å². The predicted octanol–water partition coefficient (Wildman–Crippen LogP) is 2.42. The maximum absolute atomic E-state index is 10.5. The van der Waals surface area contributed by atoms with Gasteiger partial charge in [-0.2, -0.15) is 0 Å². The Labute approximate surface area is 158 Å². The second-order valence-electron chi connectivity index (χ2n) is 6.89. The van der Waals surface area contributed by atoms with E-state index in [1.165, 1.54) is 0 Å². The molecule has 6 nitrogen and oxygen atoms in total. The van der Waals surface area contributed by atoms with Crippen LogP contribution in [0, 0.1) is 5.92 Å². The number of hydrazine groups is 1. The maximum atomic E-state index is 10.5. The Kier molecular flexibility index (Phi) is 5.26. The molecule has 0 atom stereocenters. The van der Waals surface area contributed by atoms with Gasteiger partial charge in [-0.1, -0.05) is 11.6 Å². The summed E-state index contributed by atoms with van der Waals surface area (Å²) >= 11 is 5.93. The second kappa shape index (κ2) is 7.80. The molecule has 4 rings (SSSR count).